The fraction of sp³-hybridized carbons (Fsp3) is 0.182. The van der Waals surface area contributed by atoms with Crippen LogP contribution in [0, 0.1) is 0 Å². The Morgan fingerprint density at radius 1 is 1.03 bits per heavy atom. The Hall–Kier alpha value is -3.75. The summed E-state index contributed by atoms with van der Waals surface area (Å²) in [6, 6.07) is 13.5. The Kier molecular flexibility index (Phi) is 6.64. The van der Waals surface area contributed by atoms with Gasteiger partial charge in [0.15, 0.2) is 0 Å². The maximum Gasteiger partial charge on any atom is 0.416 e. The summed E-state index contributed by atoms with van der Waals surface area (Å²) in [5.74, 6) is -1.12. The molecule has 1 N–H and O–H groups in total. The molecule has 162 valence electrons. The van der Waals surface area contributed by atoms with Crippen molar-refractivity contribution in [3.05, 3.63) is 89.4 Å². The maximum absolute atomic E-state index is 12.9. The quantitative estimate of drug-likeness (QED) is 0.555. The molecule has 1 heterocycles. The largest absolute Gasteiger partial charge is 0.497 e. The summed E-state index contributed by atoms with van der Waals surface area (Å²) in [6.07, 6.45) is -4.75. The fourth-order valence-corrected chi connectivity index (χ4v) is 2.70. The molecule has 9 heteroatoms. The zero-order chi connectivity index (χ0) is 22.4. The molecule has 0 aliphatic rings. The molecule has 1 unspecified atom stereocenters. The topological polar surface area (TPSA) is 77.8 Å². The lowest BCUT2D eigenvalue weighted by Gasteiger charge is -2.18. The van der Waals surface area contributed by atoms with Gasteiger partial charge >= 0.3 is 12.1 Å². The molecule has 1 amide bonds. The molecule has 6 nitrogen and oxygen atoms in total. The number of rotatable bonds is 7. The molecule has 0 aliphatic carbocycles. The number of nitrogens with one attached hydrogen (secondary N) is 1. The van der Waals surface area contributed by atoms with Crippen molar-refractivity contribution in [1.29, 1.82) is 0 Å². The van der Waals surface area contributed by atoms with Crippen molar-refractivity contribution in [2.24, 2.45) is 0 Å². The fourth-order valence-electron chi connectivity index (χ4n) is 2.70. The van der Waals surface area contributed by atoms with Crippen LogP contribution in [0.15, 0.2) is 71.3 Å². The highest BCUT2D eigenvalue weighted by atomic mass is 19.4. The Bertz CT molecular complexity index is 1010. The number of methoxy groups -OCH3 is 1. The lowest BCUT2D eigenvalue weighted by molar-refractivity contribution is -0.137. The molecular weight excluding hydrogens is 415 g/mol. The predicted molar refractivity (Wildman–Crippen MR) is 103 cm³/mol. The average molecular weight is 433 g/mol. The van der Waals surface area contributed by atoms with Gasteiger partial charge < -0.3 is 19.2 Å². The van der Waals surface area contributed by atoms with E-state index in [0.29, 0.717) is 5.75 Å². The summed E-state index contributed by atoms with van der Waals surface area (Å²) in [5, 5.41) is 2.62. The monoisotopic (exact) mass is 433 g/mol. The zero-order valence-electron chi connectivity index (χ0n) is 16.3. The zero-order valence-corrected chi connectivity index (χ0v) is 16.3. The smallest absolute Gasteiger partial charge is 0.416 e. The van der Waals surface area contributed by atoms with Crippen LogP contribution >= 0.6 is 0 Å². The van der Waals surface area contributed by atoms with Gasteiger partial charge in [0, 0.05) is 12.1 Å². The highest BCUT2D eigenvalue weighted by molar-refractivity contribution is 5.90. The van der Waals surface area contributed by atoms with Crippen LogP contribution in [0.2, 0.25) is 0 Å². The van der Waals surface area contributed by atoms with Gasteiger partial charge in [-0.15, -0.1) is 0 Å². The number of furan rings is 1. The summed E-state index contributed by atoms with van der Waals surface area (Å²) < 4.78 is 53.8. The summed E-state index contributed by atoms with van der Waals surface area (Å²) in [6.45, 7) is 0.109. The van der Waals surface area contributed by atoms with Crippen molar-refractivity contribution in [3.8, 4) is 5.75 Å². The van der Waals surface area contributed by atoms with Gasteiger partial charge in [-0.3, -0.25) is 4.79 Å². The molecule has 1 atom stereocenters. The van der Waals surface area contributed by atoms with E-state index in [9.17, 15) is 22.8 Å². The van der Waals surface area contributed by atoms with Gasteiger partial charge in [-0.2, -0.15) is 13.2 Å². The number of esters is 1. The molecule has 0 bridgehead atoms. The van der Waals surface area contributed by atoms with Crippen molar-refractivity contribution in [1.82, 2.24) is 5.32 Å². The number of hydrogen-bond donors (Lipinski definition) is 1. The van der Waals surface area contributed by atoms with E-state index in [1.807, 2.05) is 0 Å². The molecule has 3 aromatic rings. The van der Waals surface area contributed by atoms with Crippen molar-refractivity contribution in [3.63, 3.8) is 0 Å². The van der Waals surface area contributed by atoms with Gasteiger partial charge in [-0.25, -0.2) is 4.79 Å². The normalized spacial score (nSPS) is 12.1. The van der Waals surface area contributed by atoms with E-state index in [0.717, 1.165) is 29.8 Å². The van der Waals surface area contributed by atoms with Crippen LogP contribution in [0.3, 0.4) is 0 Å². The summed E-state index contributed by atoms with van der Waals surface area (Å²) in [5.41, 5.74) is -0.0520. The van der Waals surface area contributed by atoms with Crippen LogP contribution < -0.4 is 10.1 Å². The first-order valence-electron chi connectivity index (χ1n) is 9.10. The molecule has 0 fully saturated rings. The number of benzene rings is 2. The maximum atomic E-state index is 12.9. The van der Waals surface area contributed by atoms with Gasteiger partial charge in [0.25, 0.3) is 5.91 Å². The molecular formula is C22H18F3NO5. The van der Waals surface area contributed by atoms with Gasteiger partial charge in [0.2, 0.25) is 11.9 Å². The van der Waals surface area contributed by atoms with Crippen molar-refractivity contribution in [2.45, 2.75) is 18.8 Å². The lowest BCUT2D eigenvalue weighted by atomic mass is 10.1. The van der Waals surface area contributed by atoms with Gasteiger partial charge in [0.1, 0.15) is 5.75 Å². The average Bonchev–Trinajstić information content (AvgIpc) is 3.31. The van der Waals surface area contributed by atoms with E-state index < -0.39 is 29.7 Å². The van der Waals surface area contributed by atoms with Gasteiger partial charge in [0.05, 0.1) is 18.9 Å². The first-order chi connectivity index (χ1) is 14.8. The van der Waals surface area contributed by atoms with Crippen LogP contribution in [-0.2, 0) is 22.3 Å². The van der Waals surface area contributed by atoms with E-state index >= 15 is 0 Å². The Morgan fingerprint density at radius 3 is 2.26 bits per heavy atom. The number of alkyl halides is 3. The first kappa shape index (κ1) is 21.9. The molecule has 0 saturated carbocycles. The SMILES string of the molecule is COc1ccc(CNC(=O)C(OC(=O)c2ccco2)c2ccc(C(F)(F)F)cc2)cc1. The molecule has 3 rings (SSSR count). The van der Waals surface area contributed by atoms with Crippen molar-refractivity contribution in [2.75, 3.05) is 7.11 Å². The second-order valence-electron chi connectivity index (χ2n) is 6.45. The Morgan fingerprint density at radius 2 is 1.71 bits per heavy atom. The van der Waals surface area contributed by atoms with E-state index in [1.54, 1.807) is 24.3 Å². The number of hydrogen-bond acceptors (Lipinski definition) is 5. The second-order valence-corrected chi connectivity index (χ2v) is 6.45. The molecule has 1 aromatic heterocycles. The van der Waals surface area contributed by atoms with Crippen LogP contribution in [0.1, 0.15) is 33.3 Å². The minimum Gasteiger partial charge on any atom is -0.497 e. The van der Waals surface area contributed by atoms with Crippen LogP contribution in [-0.4, -0.2) is 19.0 Å². The standard InChI is InChI=1S/C22H18F3NO5/c1-29-17-10-4-14(5-11-17)13-26-20(27)19(31-21(28)18-3-2-12-30-18)15-6-8-16(9-7-15)22(23,24)25/h2-12,19H,13H2,1H3,(H,26,27). The minimum absolute atomic E-state index is 0.0835. The highest BCUT2D eigenvalue weighted by Gasteiger charge is 2.32. The van der Waals surface area contributed by atoms with Crippen LogP contribution in [0.5, 0.6) is 5.75 Å². The van der Waals surface area contributed by atoms with Gasteiger partial charge in [-0.1, -0.05) is 24.3 Å². The number of halogens is 3. The molecule has 0 radical (unpaired) electrons. The van der Waals surface area contributed by atoms with Gasteiger partial charge in [-0.05, 0) is 42.0 Å². The molecule has 31 heavy (non-hydrogen) atoms. The van der Waals surface area contributed by atoms with Crippen molar-refractivity contribution < 1.29 is 36.7 Å². The third-order valence-electron chi connectivity index (χ3n) is 4.35. The number of carbonyl (C=O) groups excluding carboxylic acids is 2. The predicted octanol–water partition coefficient (Wildman–Crippen LogP) is 4.52. The van der Waals surface area contributed by atoms with Crippen LogP contribution in [0.25, 0.3) is 0 Å². The third-order valence-corrected chi connectivity index (χ3v) is 4.35. The second kappa shape index (κ2) is 9.38. The number of amides is 1. The molecule has 0 spiro atoms. The molecule has 0 aliphatic heterocycles. The lowest BCUT2D eigenvalue weighted by Crippen LogP contribution is -2.32. The van der Waals surface area contributed by atoms with E-state index in [1.165, 1.54) is 25.5 Å². The number of carbonyl (C=O) groups is 2. The summed E-state index contributed by atoms with van der Waals surface area (Å²) in [4.78, 5) is 25.0. The number of ether oxygens (including phenoxy) is 2. The summed E-state index contributed by atoms with van der Waals surface area (Å²) in [7, 11) is 1.53. The molecule has 2 aromatic carbocycles. The third kappa shape index (κ3) is 5.65. The Balaban J connectivity index is 1.78. The summed E-state index contributed by atoms with van der Waals surface area (Å²) >= 11 is 0. The van der Waals surface area contributed by atoms with E-state index in [4.69, 9.17) is 13.9 Å². The molecule has 0 saturated heterocycles. The Labute approximate surface area is 175 Å². The highest BCUT2D eigenvalue weighted by Crippen LogP contribution is 2.30. The van der Waals surface area contributed by atoms with E-state index in [2.05, 4.69) is 5.32 Å². The first-order valence-corrected chi connectivity index (χ1v) is 9.10. The van der Waals surface area contributed by atoms with Crippen molar-refractivity contribution >= 4 is 11.9 Å². The van der Waals surface area contributed by atoms with E-state index in [-0.39, 0.29) is 17.9 Å². The minimum atomic E-state index is -4.53. The van der Waals surface area contributed by atoms with Crippen LogP contribution in [0.4, 0.5) is 13.2 Å².